The molecule has 5 nitrogen and oxygen atoms in total. The first-order chi connectivity index (χ1) is 29.2. The molecule has 0 radical (unpaired) electrons. The fourth-order valence-electron chi connectivity index (χ4n) is 8.66. The van der Waals surface area contributed by atoms with Crippen LogP contribution in [0.1, 0.15) is 0 Å². The Kier molecular flexibility index (Phi) is 7.64. The molecule has 6 heteroatoms. The van der Waals surface area contributed by atoms with E-state index in [4.69, 9.17) is 19.4 Å². The zero-order valence-corrected chi connectivity index (χ0v) is 32.4. The van der Waals surface area contributed by atoms with Crippen molar-refractivity contribution in [2.45, 2.75) is 0 Å². The average molecular weight is 773 g/mol. The van der Waals surface area contributed by atoms with E-state index < -0.39 is 0 Å². The Morgan fingerprint density at radius 2 is 1.02 bits per heavy atom. The molecule has 0 atom stereocenters. The summed E-state index contributed by atoms with van der Waals surface area (Å²) in [4.78, 5) is 18.3. The molecule has 9 aromatic carbocycles. The third kappa shape index (κ3) is 5.49. The van der Waals surface area contributed by atoms with E-state index in [1.807, 2.05) is 30.3 Å². The number of furan rings is 1. The van der Waals surface area contributed by atoms with E-state index >= 15 is 0 Å². The molecule has 3 aromatic heterocycles. The molecule has 0 aliphatic heterocycles. The first-order valence-electron chi connectivity index (χ1n) is 19.7. The summed E-state index contributed by atoms with van der Waals surface area (Å²) in [6, 6.07) is 67.9. The lowest BCUT2D eigenvalue weighted by Crippen LogP contribution is -2.11. The second kappa shape index (κ2) is 13.5. The third-order valence-electron chi connectivity index (χ3n) is 11.3. The van der Waals surface area contributed by atoms with Crippen LogP contribution in [0.25, 0.3) is 97.8 Å². The van der Waals surface area contributed by atoms with E-state index in [0.717, 1.165) is 71.8 Å². The fourth-order valence-corrected chi connectivity index (χ4v) is 9.80. The van der Waals surface area contributed by atoms with Crippen LogP contribution in [0.4, 0.5) is 17.1 Å². The molecule has 0 saturated heterocycles. The Morgan fingerprint density at radius 3 is 1.85 bits per heavy atom. The normalized spacial score (nSPS) is 11.7. The van der Waals surface area contributed by atoms with Crippen LogP contribution in [-0.4, -0.2) is 15.0 Å². The smallest absolute Gasteiger partial charge is 0.164 e. The number of hydrogen-bond donors (Lipinski definition) is 0. The predicted molar refractivity (Wildman–Crippen MR) is 246 cm³/mol. The van der Waals surface area contributed by atoms with Crippen molar-refractivity contribution in [2.24, 2.45) is 0 Å². The highest BCUT2D eigenvalue weighted by atomic mass is 32.1. The van der Waals surface area contributed by atoms with Crippen LogP contribution in [0.2, 0.25) is 0 Å². The fraction of sp³-hybridized carbons (Fsp3) is 0. The number of benzene rings is 9. The first-order valence-corrected chi connectivity index (χ1v) is 20.5. The van der Waals surface area contributed by atoms with Crippen LogP contribution in [-0.2, 0) is 0 Å². The van der Waals surface area contributed by atoms with Gasteiger partial charge in [0.2, 0.25) is 0 Å². The van der Waals surface area contributed by atoms with E-state index in [1.54, 1.807) is 11.3 Å². The van der Waals surface area contributed by atoms with Gasteiger partial charge in [-0.15, -0.1) is 11.3 Å². The van der Waals surface area contributed by atoms with Gasteiger partial charge >= 0.3 is 0 Å². The van der Waals surface area contributed by atoms with Gasteiger partial charge in [-0.1, -0.05) is 146 Å². The topological polar surface area (TPSA) is 55.1 Å². The molecule has 12 rings (SSSR count). The van der Waals surface area contributed by atoms with Crippen molar-refractivity contribution < 1.29 is 4.42 Å². The van der Waals surface area contributed by atoms with Crippen LogP contribution in [0.15, 0.2) is 199 Å². The van der Waals surface area contributed by atoms with Crippen molar-refractivity contribution in [2.75, 3.05) is 4.90 Å². The number of para-hydroxylation sites is 2. The Morgan fingerprint density at radius 1 is 0.390 bits per heavy atom. The maximum Gasteiger partial charge on any atom is 0.164 e. The summed E-state index contributed by atoms with van der Waals surface area (Å²) < 4.78 is 9.19. The highest BCUT2D eigenvalue weighted by Crippen LogP contribution is 2.47. The van der Waals surface area contributed by atoms with Crippen molar-refractivity contribution in [3.05, 3.63) is 194 Å². The zero-order valence-electron chi connectivity index (χ0n) is 31.6. The van der Waals surface area contributed by atoms with Gasteiger partial charge in [-0.3, -0.25) is 0 Å². The summed E-state index contributed by atoms with van der Waals surface area (Å²) in [6.07, 6.45) is 0. The molecule has 12 aromatic rings. The van der Waals surface area contributed by atoms with Crippen LogP contribution in [0, 0.1) is 0 Å². The summed E-state index contributed by atoms with van der Waals surface area (Å²) in [5, 5.41) is 9.01. The lowest BCUT2D eigenvalue weighted by molar-refractivity contribution is 0.669. The summed E-state index contributed by atoms with van der Waals surface area (Å²) in [6.45, 7) is 0. The van der Waals surface area contributed by atoms with Crippen molar-refractivity contribution >= 4 is 92.1 Å². The highest BCUT2D eigenvalue weighted by molar-refractivity contribution is 7.25. The molecule has 0 N–H and O–H groups in total. The maximum atomic E-state index is 6.76. The van der Waals surface area contributed by atoms with Crippen LogP contribution in [0.3, 0.4) is 0 Å². The molecule has 276 valence electrons. The molecule has 0 fully saturated rings. The summed E-state index contributed by atoms with van der Waals surface area (Å²) in [7, 11) is 0. The van der Waals surface area contributed by atoms with Gasteiger partial charge in [-0.05, 0) is 58.6 Å². The Hall–Kier alpha value is -7.67. The standard InChI is InChI=1S/C53H32N4OS/c1-3-16-33(17-4-1)51-54-52(42-26-15-29-48-50(42)41-25-12-14-28-47(41)59-48)56-53(55-51)43-31-36(32-46-49(43)40-24-11-13-27-45(40)58-46)57(35-19-5-2-6-20-35)44-30-34-18-7-8-21-37(34)38-22-9-10-23-39(38)44/h1-32H. The molecule has 0 bridgehead atoms. The van der Waals surface area contributed by atoms with Gasteiger partial charge in [0.1, 0.15) is 11.2 Å². The van der Waals surface area contributed by atoms with Crippen molar-refractivity contribution in [1.29, 1.82) is 0 Å². The summed E-state index contributed by atoms with van der Waals surface area (Å²) in [5.41, 5.74) is 7.30. The Labute approximate surface area is 343 Å². The molecule has 59 heavy (non-hydrogen) atoms. The minimum absolute atomic E-state index is 0.570. The van der Waals surface area contributed by atoms with Gasteiger partial charge in [-0.25, -0.2) is 15.0 Å². The van der Waals surface area contributed by atoms with E-state index in [9.17, 15) is 0 Å². The molecule has 0 aliphatic carbocycles. The number of aromatic nitrogens is 3. The predicted octanol–water partition coefficient (Wildman–Crippen LogP) is 14.9. The zero-order chi connectivity index (χ0) is 38.9. The number of anilines is 3. The molecular formula is C53H32N4OS. The minimum Gasteiger partial charge on any atom is -0.456 e. The van der Waals surface area contributed by atoms with Crippen molar-refractivity contribution in [1.82, 2.24) is 15.0 Å². The van der Waals surface area contributed by atoms with Crippen molar-refractivity contribution in [3.8, 4) is 34.2 Å². The lowest BCUT2D eigenvalue weighted by atomic mass is 9.98. The monoisotopic (exact) mass is 772 g/mol. The van der Waals surface area contributed by atoms with Gasteiger partial charge in [0.25, 0.3) is 0 Å². The van der Waals surface area contributed by atoms with E-state index in [-0.39, 0.29) is 0 Å². The van der Waals surface area contributed by atoms with Crippen LogP contribution in [0.5, 0.6) is 0 Å². The number of hydrogen-bond acceptors (Lipinski definition) is 6. The van der Waals surface area contributed by atoms with E-state index in [2.05, 4.69) is 169 Å². The summed E-state index contributed by atoms with van der Waals surface area (Å²) in [5.74, 6) is 1.80. The SMILES string of the molecule is c1ccc(-c2nc(-c3cc(N(c4ccccc4)c4cc5ccccc5c5ccccc45)cc4oc5ccccc5c34)nc(-c3cccc4sc5ccccc5c34)n2)cc1. The van der Waals surface area contributed by atoms with Gasteiger partial charge < -0.3 is 9.32 Å². The largest absolute Gasteiger partial charge is 0.456 e. The highest BCUT2D eigenvalue weighted by Gasteiger charge is 2.24. The second-order valence-electron chi connectivity index (χ2n) is 14.7. The van der Waals surface area contributed by atoms with E-state index in [1.165, 1.54) is 25.6 Å². The molecular weight excluding hydrogens is 741 g/mol. The maximum absolute atomic E-state index is 6.76. The average Bonchev–Trinajstić information content (AvgIpc) is 3.88. The quantitative estimate of drug-likeness (QED) is 0.158. The van der Waals surface area contributed by atoms with Gasteiger partial charge in [0.05, 0.1) is 11.4 Å². The van der Waals surface area contributed by atoms with Gasteiger partial charge in [-0.2, -0.15) is 0 Å². The van der Waals surface area contributed by atoms with Crippen LogP contribution >= 0.6 is 11.3 Å². The molecule has 3 heterocycles. The lowest BCUT2D eigenvalue weighted by Gasteiger charge is -2.28. The minimum atomic E-state index is 0.570. The molecule has 0 aliphatic rings. The van der Waals surface area contributed by atoms with E-state index in [0.29, 0.717) is 17.5 Å². The number of thiophene rings is 1. The Balaban J connectivity index is 1.18. The van der Waals surface area contributed by atoms with Gasteiger partial charge in [0, 0.05) is 64.8 Å². The molecule has 0 amide bonds. The number of nitrogens with zero attached hydrogens (tertiary/aromatic N) is 4. The molecule has 0 spiro atoms. The van der Waals surface area contributed by atoms with Gasteiger partial charge in [0.15, 0.2) is 17.5 Å². The first kappa shape index (κ1) is 33.5. The van der Waals surface area contributed by atoms with Crippen molar-refractivity contribution in [3.63, 3.8) is 0 Å². The number of fused-ring (bicyclic) bond motifs is 9. The molecule has 0 unspecified atom stereocenters. The third-order valence-corrected chi connectivity index (χ3v) is 12.4. The molecule has 0 saturated carbocycles. The summed E-state index contributed by atoms with van der Waals surface area (Å²) >= 11 is 1.79. The number of rotatable bonds is 6. The Bertz CT molecular complexity index is 3580. The van der Waals surface area contributed by atoms with Crippen LogP contribution < -0.4 is 4.90 Å². The second-order valence-corrected chi connectivity index (χ2v) is 15.8.